The summed E-state index contributed by atoms with van der Waals surface area (Å²) in [5.41, 5.74) is 2.49. The van der Waals surface area contributed by atoms with E-state index in [2.05, 4.69) is 20.6 Å². The van der Waals surface area contributed by atoms with Gasteiger partial charge in [0.05, 0.1) is 0 Å². The van der Waals surface area contributed by atoms with Gasteiger partial charge in [0.25, 0.3) is 0 Å². The smallest absolute Gasteiger partial charge is 0.191 e. The summed E-state index contributed by atoms with van der Waals surface area (Å²) in [5, 5.41) is 6.77. The number of hydrogen-bond donors (Lipinski definition) is 2. The Hall–Kier alpha value is -2.14. The second kappa shape index (κ2) is 7.75. The summed E-state index contributed by atoms with van der Waals surface area (Å²) in [6.07, 6.45) is 1.71. The number of aliphatic imine (C=N–C) groups is 1. The zero-order valence-electron chi connectivity index (χ0n) is 12.5. The first-order chi connectivity index (χ1) is 10.6. The number of hydrogen-bond acceptors (Lipinski definition) is 2. The quantitative estimate of drug-likeness (QED) is 0.517. The van der Waals surface area contributed by atoms with Crippen LogP contribution in [0.15, 0.2) is 41.5 Å². The summed E-state index contributed by atoms with van der Waals surface area (Å²) < 4.78 is 13.5. The van der Waals surface area contributed by atoms with Gasteiger partial charge in [0, 0.05) is 26.3 Å². The van der Waals surface area contributed by atoms with Crippen molar-refractivity contribution in [2.45, 2.75) is 20.0 Å². The molecule has 0 atom stereocenters. The van der Waals surface area contributed by atoms with Crippen LogP contribution in [-0.4, -0.2) is 18.0 Å². The molecule has 0 unspecified atom stereocenters. The Morgan fingerprint density at radius 3 is 2.45 bits per heavy atom. The van der Waals surface area contributed by atoms with Crippen LogP contribution in [0, 0.1) is 12.7 Å². The van der Waals surface area contributed by atoms with Gasteiger partial charge in [-0.15, -0.1) is 0 Å². The molecule has 0 spiro atoms. The highest BCUT2D eigenvalue weighted by atomic mass is 35.5. The number of aryl methyl sites for hydroxylation is 1. The lowest BCUT2D eigenvalue weighted by Gasteiger charge is -2.12. The van der Waals surface area contributed by atoms with E-state index >= 15 is 0 Å². The summed E-state index contributed by atoms with van der Waals surface area (Å²) in [4.78, 5) is 8.15. The number of rotatable bonds is 4. The van der Waals surface area contributed by atoms with Crippen molar-refractivity contribution in [1.82, 2.24) is 15.6 Å². The molecule has 22 heavy (non-hydrogen) atoms. The molecule has 116 valence electrons. The summed E-state index contributed by atoms with van der Waals surface area (Å²) >= 11 is 5.74. The van der Waals surface area contributed by atoms with Crippen LogP contribution in [0.25, 0.3) is 0 Å². The van der Waals surface area contributed by atoms with Crippen molar-refractivity contribution in [3.05, 3.63) is 64.2 Å². The van der Waals surface area contributed by atoms with Crippen LogP contribution in [0.3, 0.4) is 0 Å². The van der Waals surface area contributed by atoms with Gasteiger partial charge in [-0.25, -0.2) is 9.37 Å². The third kappa shape index (κ3) is 4.70. The lowest BCUT2D eigenvalue weighted by Crippen LogP contribution is -2.36. The second-order valence-electron chi connectivity index (χ2n) is 4.85. The molecule has 0 saturated carbocycles. The monoisotopic (exact) mass is 320 g/mol. The van der Waals surface area contributed by atoms with E-state index < -0.39 is 0 Å². The molecule has 2 N–H and O–H groups in total. The fraction of sp³-hybridized carbons (Fsp3) is 0.250. The van der Waals surface area contributed by atoms with E-state index in [-0.39, 0.29) is 5.82 Å². The second-order valence-corrected chi connectivity index (χ2v) is 5.24. The molecular formula is C16H18ClFN4. The van der Waals surface area contributed by atoms with E-state index in [1.165, 1.54) is 6.07 Å². The van der Waals surface area contributed by atoms with Crippen molar-refractivity contribution in [2.24, 2.45) is 4.99 Å². The van der Waals surface area contributed by atoms with Crippen LogP contribution in [0.1, 0.15) is 16.7 Å². The van der Waals surface area contributed by atoms with Crippen LogP contribution < -0.4 is 10.6 Å². The first-order valence-electron chi connectivity index (χ1n) is 6.88. The van der Waals surface area contributed by atoms with E-state index in [9.17, 15) is 4.39 Å². The molecule has 0 aliphatic carbocycles. The molecule has 0 aliphatic rings. The Morgan fingerprint density at radius 1 is 1.18 bits per heavy atom. The maximum atomic E-state index is 13.5. The third-order valence-electron chi connectivity index (χ3n) is 3.17. The van der Waals surface area contributed by atoms with Crippen molar-refractivity contribution >= 4 is 17.6 Å². The lowest BCUT2D eigenvalue weighted by atomic mass is 10.1. The van der Waals surface area contributed by atoms with Gasteiger partial charge in [-0.05, 0) is 35.7 Å². The molecule has 2 rings (SSSR count). The van der Waals surface area contributed by atoms with Gasteiger partial charge < -0.3 is 10.6 Å². The summed E-state index contributed by atoms with van der Waals surface area (Å²) in [7, 11) is 1.69. The molecule has 6 heteroatoms. The van der Waals surface area contributed by atoms with Crippen LogP contribution in [0.4, 0.5) is 4.39 Å². The van der Waals surface area contributed by atoms with Gasteiger partial charge in [0.15, 0.2) is 5.96 Å². The molecule has 1 aromatic heterocycles. The van der Waals surface area contributed by atoms with Gasteiger partial charge in [0.2, 0.25) is 0 Å². The molecular weight excluding hydrogens is 303 g/mol. The largest absolute Gasteiger partial charge is 0.352 e. The standard InChI is InChI=1S/C16H18ClFN4/c1-11-3-4-12(7-14(11)18)8-21-16(19-2)22-10-13-5-6-15(17)20-9-13/h3-7,9H,8,10H2,1-2H3,(H2,19,21,22). The molecule has 0 aliphatic heterocycles. The van der Waals surface area contributed by atoms with Crippen molar-refractivity contribution in [1.29, 1.82) is 0 Å². The number of benzene rings is 1. The minimum absolute atomic E-state index is 0.200. The normalized spacial score (nSPS) is 11.4. The third-order valence-corrected chi connectivity index (χ3v) is 3.39. The number of pyridine rings is 1. The first kappa shape index (κ1) is 16.2. The van der Waals surface area contributed by atoms with E-state index in [0.717, 1.165) is 11.1 Å². The summed E-state index contributed by atoms with van der Waals surface area (Å²) in [5.74, 6) is 0.436. The molecule has 1 heterocycles. The molecule has 0 bridgehead atoms. The van der Waals surface area contributed by atoms with E-state index in [1.54, 1.807) is 32.3 Å². The van der Waals surface area contributed by atoms with Crippen LogP contribution in [0.5, 0.6) is 0 Å². The van der Waals surface area contributed by atoms with Gasteiger partial charge >= 0.3 is 0 Å². The Morgan fingerprint density at radius 2 is 1.86 bits per heavy atom. The molecule has 0 radical (unpaired) electrons. The topological polar surface area (TPSA) is 49.3 Å². The van der Waals surface area contributed by atoms with E-state index in [4.69, 9.17) is 11.6 Å². The van der Waals surface area contributed by atoms with Gasteiger partial charge in [0.1, 0.15) is 11.0 Å². The maximum Gasteiger partial charge on any atom is 0.191 e. The van der Waals surface area contributed by atoms with Crippen molar-refractivity contribution in [3.8, 4) is 0 Å². The van der Waals surface area contributed by atoms with Gasteiger partial charge in [-0.3, -0.25) is 4.99 Å². The van der Waals surface area contributed by atoms with Gasteiger partial charge in [-0.2, -0.15) is 0 Å². The van der Waals surface area contributed by atoms with Crippen molar-refractivity contribution < 1.29 is 4.39 Å². The number of aromatic nitrogens is 1. The number of nitrogens with one attached hydrogen (secondary N) is 2. The lowest BCUT2D eigenvalue weighted by molar-refractivity contribution is 0.615. The van der Waals surface area contributed by atoms with E-state index in [0.29, 0.717) is 29.8 Å². The van der Waals surface area contributed by atoms with Crippen molar-refractivity contribution in [3.63, 3.8) is 0 Å². The minimum atomic E-state index is -0.200. The molecule has 4 nitrogen and oxygen atoms in total. The van der Waals surface area contributed by atoms with Crippen LogP contribution >= 0.6 is 11.6 Å². The predicted molar refractivity (Wildman–Crippen MR) is 87.4 cm³/mol. The van der Waals surface area contributed by atoms with Crippen LogP contribution in [-0.2, 0) is 13.1 Å². The van der Waals surface area contributed by atoms with Gasteiger partial charge in [-0.1, -0.05) is 29.8 Å². The highest BCUT2D eigenvalue weighted by molar-refractivity contribution is 6.29. The Balaban J connectivity index is 1.87. The molecule has 0 fully saturated rings. The maximum absolute atomic E-state index is 13.5. The number of guanidine groups is 1. The minimum Gasteiger partial charge on any atom is -0.352 e. The molecule has 0 amide bonds. The number of halogens is 2. The first-order valence-corrected chi connectivity index (χ1v) is 7.26. The van der Waals surface area contributed by atoms with Crippen molar-refractivity contribution in [2.75, 3.05) is 7.05 Å². The SMILES string of the molecule is CN=C(NCc1ccc(Cl)nc1)NCc1ccc(C)c(F)c1. The zero-order chi connectivity index (χ0) is 15.9. The fourth-order valence-corrected chi connectivity index (χ4v) is 1.96. The summed E-state index contributed by atoms with van der Waals surface area (Å²) in [6.45, 7) is 2.81. The zero-order valence-corrected chi connectivity index (χ0v) is 13.3. The Labute approximate surface area is 134 Å². The highest BCUT2D eigenvalue weighted by Gasteiger charge is 2.02. The Bertz CT molecular complexity index is 656. The van der Waals surface area contributed by atoms with Crippen LogP contribution in [0.2, 0.25) is 5.15 Å². The van der Waals surface area contributed by atoms with E-state index in [1.807, 2.05) is 12.1 Å². The molecule has 1 aromatic carbocycles. The fourth-order valence-electron chi connectivity index (χ4n) is 1.85. The highest BCUT2D eigenvalue weighted by Crippen LogP contribution is 2.09. The summed E-state index contributed by atoms with van der Waals surface area (Å²) in [6, 6.07) is 8.82. The average molecular weight is 321 g/mol. The predicted octanol–water partition coefficient (Wildman–Crippen LogP) is 3.05. The molecule has 2 aromatic rings. The molecule has 0 saturated heterocycles. The number of nitrogens with zero attached hydrogens (tertiary/aromatic N) is 2. The average Bonchev–Trinajstić information content (AvgIpc) is 2.52. The Kier molecular flexibility index (Phi) is 5.72.